The van der Waals surface area contributed by atoms with Crippen LogP contribution in [0.4, 0.5) is 4.39 Å². The van der Waals surface area contributed by atoms with Crippen LogP contribution in [0.3, 0.4) is 0 Å². The summed E-state index contributed by atoms with van der Waals surface area (Å²) < 4.78 is 25.2. The first-order chi connectivity index (χ1) is 16.1. The number of carbonyl (C=O) groups excluding carboxylic acids is 1. The molecule has 33 heavy (non-hydrogen) atoms. The average molecular weight is 462 g/mol. The van der Waals surface area contributed by atoms with Crippen molar-refractivity contribution in [3.63, 3.8) is 0 Å². The van der Waals surface area contributed by atoms with Crippen molar-refractivity contribution in [1.82, 2.24) is 4.98 Å². The predicted molar refractivity (Wildman–Crippen MR) is 129 cm³/mol. The van der Waals surface area contributed by atoms with Crippen molar-refractivity contribution in [2.75, 3.05) is 12.9 Å². The quantitative estimate of drug-likeness (QED) is 0.214. The second kappa shape index (κ2) is 10.5. The smallest absolute Gasteiger partial charge is 0.318 e. The minimum atomic E-state index is -0.703. The summed E-state index contributed by atoms with van der Waals surface area (Å²) in [5, 5.41) is 0. The normalized spacial score (nSPS) is 11.8. The van der Waals surface area contributed by atoms with E-state index in [1.165, 1.54) is 12.1 Å². The van der Waals surface area contributed by atoms with Gasteiger partial charge in [-0.3, -0.25) is 4.79 Å². The van der Waals surface area contributed by atoms with Crippen molar-refractivity contribution in [2.24, 2.45) is 0 Å². The van der Waals surface area contributed by atoms with E-state index >= 15 is 0 Å². The number of rotatable bonds is 8. The molecular weight excluding hydrogens is 437 g/mol. The van der Waals surface area contributed by atoms with Crippen LogP contribution in [0, 0.1) is 5.82 Å². The summed E-state index contributed by atoms with van der Waals surface area (Å²) >= 11 is 1.65. The number of halogens is 1. The van der Waals surface area contributed by atoms with Crippen LogP contribution >= 0.6 is 11.8 Å². The highest BCUT2D eigenvalue weighted by Crippen LogP contribution is 2.36. The zero-order valence-corrected chi connectivity index (χ0v) is 19.3. The van der Waals surface area contributed by atoms with Gasteiger partial charge in [-0.1, -0.05) is 42.5 Å². The van der Waals surface area contributed by atoms with Gasteiger partial charge in [0.05, 0.1) is 6.61 Å². The molecule has 4 aromatic rings. The molecule has 1 heterocycles. The number of hydrogen-bond acceptors (Lipinski definition) is 5. The van der Waals surface area contributed by atoms with Gasteiger partial charge in [-0.15, -0.1) is 11.8 Å². The molecule has 6 heteroatoms. The fourth-order valence-electron chi connectivity index (χ4n) is 3.59. The number of thioether (sulfide) groups is 1. The highest BCUT2D eigenvalue weighted by Gasteiger charge is 2.30. The Kier molecular flexibility index (Phi) is 7.25. The molecule has 1 aromatic heterocycles. The summed E-state index contributed by atoms with van der Waals surface area (Å²) in [5.74, 6) is -0.614. The molecule has 0 N–H and O–H groups in total. The zero-order chi connectivity index (χ0) is 23.2. The van der Waals surface area contributed by atoms with Crippen LogP contribution in [0.5, 0.6) is 0 Å². The number of benzene rings is 3. The van der Waals surface area contributed by atoms with Crippen molar-refractivity contribution in [3.05, 3.63) is 96.1 Å². The lowest BCUT2D eigenvalue weighted by Crippen LogP contribution is -2.18. The van der Waals surface area contributed by atoms with E-state index in [1.54, 1.807) is 30.8 Å². The third-order valence-electron chi connectivity index (χ3n) is 5.27. The Bertz CT molecular complexity index is 1200. The van der Waals surface area contributed by atoms with Gasteiger partial charge in [0.25, 0.3) is 0 Å². The number of ether oxygens (including phenoxy) is 1. The van der Waals surface area contributed by atoms with E-state index in [2.05, 4.69) is 0 Å². The Morgan fingerprint density at radius 3 is 2.30 bits per heavy atom. The van der Waals surface area contributed by atoms with Crippen LogP contribution in [0.2, 0.25) is 0 Å². The van der Waals surface area contributed by atoms with Crippen molar-refractivity contribution >= 4 is 17.7 Å². The van der Waals surface area contributed by atoms with Crippen LogP contribution in [0.1, 0.15) is 24.3 Å². The lowest BCUT2D eigenvalue weighted by molar-refractivity contribution is -0.145. The molecule has 0 aliphatic carbocycles. The topological polar surface area (TPSA) is 52.3 Å². The maximum Gasteiger partial charge on any atom is 0.318 e. The number of esters is 1. The molecule has 168 valence electrons. The Labute approximate surface area is 196 Å². The van der Waals surface area contributed by atoms with Gasteiger partial charge < -0.3 is 9.15 Å². The summed E-state index contributed by atoms with van der Waals surface area (Å²) in [7, 11) is 0. The van der Waals surface area contributed by atoms with E-state index < -0.39 is 11.9 Å². The largest absolute Gasteiger partial charge is 0.465 e. The number of hydrogen-bond donors (Lipinski definition) is 0. The number of carbonyl (C=O) groups is 1. The van der Waals surface area contributed by atoms with E-state index in [0.29, 0.717) is 23.4 Å². The molecule has 0 bridgehead atoms. The van der Waals surface area contributed by atoms with Crippen LogP contribution in [0.15, 0.2) is 88.2 Å². The number of aromatic nitrogens is 1. The van der Waals surface area contributed by atoms with Crippen molar-refractivity contribution in [1.29, 1.82) is 0 Å². The third kappa shape index (κ3) is 5.34. The molecule has 1 unspecified atom stereocenters. The van der Waals surface area contributed by atoms with E-state index in [9.17, 15) is 9.18 Å². The highest BCUT2D eigenvalue weighted by molar-refractivity contribution is 7.98. The summed E-state index contributed by atoms with van der Waals surface area (Å²) in [5.41, 5.74) is 3.07. The molecule has 0 fully saturated rings. The fourth-order valence-corrected chi connectivity index (χ4v) is 4.00. The molecule has 0 saturated carbocycles. The molecule has 3 aromatic carbocycles. The Balaban J connectivity index is 1.81. The second-order valence-corrected chi connectivity index (χ2v) is 8.34. The predicted octanol–water partition coefficient (Wildman–Crippen LogP) is 6.76. The van der Waals surface area contributed by atoms with Crippen molar-refractivity contribution in [3.8, 4) is 22.6 Å². The van der Waals surface area contributed by atoms with Gasteiger partial charge in [0.2, 0.25) is 5.89 Å². The summed E-state index contributed by atoms with van der Waals surface area (Å²) in [4.78, 5) is 18.7. The molecule has 0 aliphatic rings. The average Bonchev–Trinajstić information content (AvgIpc) is 3.29. The Hall–Kier alpha value is -3.38. The monoisotopic (exact) mass is 461 g/mol. The van der Waals surface area contributed by atoms with Crippen LogP contribution < -0.4 is 0 Å². The first-order valence-electron chi connectivity index (χ1n) is 10.7. The first-order valence-corrected chi connectivity index (χ1v) is 11.9. The van der Waals surface area contributed by atoms with E-state index in [4.69, 9.17) is 14.1 Å². The Morgan fingerprint density at radius 2 is 1.67 bits per heavy atom. The van der Waals surface area contributed by atoms with Crippen LogP contribution in [0.25, 0.3) is 22.6 Å². The molecule has 4 nitrogen and oxygen atoms in total. The molecule has 0 radical (unpaired) electrons. The number of nitrogens with zero attached hydrogens (tertiary/aromatic N) is 1. The molecule has 0 spiro atoms. The molecule has 4 rings (SSSR count). The molecular formula is C27H24FNO3S. The third-order valence-corrected chi connectivity index (χ3v) is 6.01. The maximum absolute atomic E-state index is 13.6. The van der Waals surface area contributed by atoms with Gasteiger partial charge in [0.15, 0.2) is 5.76 Å². The highest BCUT2D eigenvalue weighted by atomic mass is 32.2. The van der Waals surface area contributed by atoms with Crippen molar-refractivity contribution in [2.45, 2.75) is 24.2 Å². The van der Waals surface area contributed by atoms with Gasteiger partial charge >= 0.3 is 5.97 Å². The van der Waals surface area contributed by atoms with Gasteiger partial charge in [0, 0.05) is 16.0 Å². The first kappa shape index (κ1) is 22.8. The van der Waals surface area contributed by atoms with Gasteiger partial charge in [-0.05, 0) is 61.6 Å². The standard InChI is InChI=1S/C27H24FNO3S/c1-3-31-27(30)23(17-18-7-5-4-6-8-18)26-29-24(19-9-13-21(28)14-10-19)25(32-26)20-11-15-22(33-2)16-12-20/h4-16,23H,3,17H2,1-2H3. The minimum Gasteiger partial charge on any atom is -0.465 e. The van der Waals surface area contributed by atoms with Crippen molar-refractivity contribution < 1.29 is 18.3 Å². The fraction of sp³-hybridized carbons (Fsp3) is 0.185. The summed E-state index contributed by atoms with van der Waals surface area (Å²) in [6.45, 7) is 2.04. The van der Waals surface area contributed by atoms with E-state index in [1.807, 2.05) is 60.9 Å². The molecule has 1 atom stereocenters. The maximum atomic E-state index is 13.6. The molecule has 0 aliphatic heterocycles. The number of oxazole rings is 1. The second-order valence-electron chi connectivity index (χ2n) is 7.46. The molecule has 0 amide bonds. The lowest BCUT2D eigenvalue weighted by Gasteiger charge is -2.12. The van der Waals surface area contributed by atoms with E-state index in [0.717, 1.165) is 16.0 Å². The zero-order valence-electron chi connectivity index (χ0n) is 18.5. The SMILES string of the molecule is CCOC(=O)C(Cc1ccccc1)c1nc(-c2ccc(F)cc2)c(-c2ccc(SC)cc2)o1. The van der Waals surface area contributed by atoms with Gasteiger partial charge in [-0.25, -0.2) is 9.37 Å². The van der Waals surface area contributed by atoms with Crippen LogP contribution in [-0.2, 0) is 16.0 Å². The minimum absolute atomic E-state index is 0.263. The Morgan fingerprint density at radius 1 is 1.00 bits per heavy atom. The molecule has 0 saturated heterocycles. The summed E-state index contributed by atoms with van der Waals surface area (Å²) in [6.07, 6.45) is 2.41. The van der Waals surface area contributed by atoms with Gasteiger partial charge in [0.1, 0.15) is 17.4 Å². The van der Waals surface area contributed by atoms with Crippen LogP contribution in [-0.4, -0.2) is 23.8 Å². The van der Waals surface area contributed by atoms with Gasteiger partial charge in [-0.2, -0.15) is 0 Å². The lowest BCUT2D eigenvalue weighted by atomic mass is 9.99. The van der Waals surface area contributed by atoms with E-state index in [-0.39, 0.29) is 18.3 Å². The summed E-state index contributed by atoms with van der Waals surface area (Å²) in [6, 6.07) is 23.7.